The molecular weight excluding hydrogens is 414 g/mol. The Morgan fingerprint density at radius 3 is 1.68 bits per heavy atom. The molecule has 0 bridgehead atoms. The molecule has 28 heavy (non-hydrogen) atoms. The topological polar surface area (TPSA) is 157 Å². The van der Waals surface area contributed by atoms with E-state index in [9.17, 15) is 18.7 Å². The van der Waals surface area contributed by atoms with Gasteiger partial charge in [-0.3, -0.25) is 4.52 Å². The zero-order valence-corrected chi connectivity index (χ0v) is 17.8. The SMILES string of the molecule is C=CC(=O)OC(=O)C=C.CCCCCCCCCCOP(=O)(O)OP(=O)(O)O. The minimum atomic E-state index is -5.00. The molecule has 0 rings (SSSR count). The van der Waals surface area contributed by atoms with Crippen LogP contribution in [0.1, 0.15) is 58.3 Å². The van der Waals surface area contributed by atoms with Crippen molar-refractivity contribution in [2.75, 3.05) is 6.61 Å². The van der Waals surface area contributed by atoms with E-state index >= 15 is 0 Å². The van der Waals surface area contributed by atoms with Gasteiger partial charge in [0.05, 0.1) is 6.61 Å². The van der Waals surface area contributed by atoms with E-state index in [1.165, 1.54) is 25.7 Å². The van der Waals surface area contributed by atoms with Crippen LogP contribution < -0.4 is 0 Å². The van der Waals surface area contributed by atoms with Crippen LogP contribution in [-0.2, 0) is 32.3 Å². The Labute approximate surface area is 165 Å². The molecule has 0 aromatic carbocycles. The van der Waals surface area contributed by atoms with Crippen molar-refractivity contribution in [3.05, 3.63) is 25.3 Å². The molecule has 0 aliphatic rings. The number of phosphoric acid groups is 2. The summed E-state index contributed by atoms with van der Waals surface area (Å²) in [5.41, 5.74) is 0. The Hall–Kier alpha value is -1.12. The number of rotatable bonds is 14. The van der Waals surface area contributed by atoms with Crippen LogP contribution in [0.3, 0.4) is 0 Å². The van der Waals surface area contributed by atoms with Crippen LogP contribution in [0, 0.1) is 0 Å². The van der Waals surface area contributed by atoms with E-state index in [4.69, 9.17) is 14.7 Å². The molecule has 12 heteroatoms. The lowest BCUT2D eigenvalue weighted by molar-refractivity contribution is -0.152. The lowest BCUT2D eigenvalue weighted by atomic mass is 10.1. The van der Waals surface area contributed by atoms with Gasteiger partial charge in [0.2, 0.25) is 0 Å². The third kappa shape index (κ3) is 22.9. The first-order chi connectivity index (χ1) is 13.0. The molecule has 0 saturated heterocycles. The van der Waals surface area contributed by atoms with E-state index in [1.807, 2.05) is 0 Å². The van der Waals surface area contributed by atoms with Crippen LogP contribution in [0.5, 0.6) is 0 Å². The van der Waals surface area contributed by atoms with Gasteiger partial charge in [-0.1, -0.05) is 65.0 Å². The summed E-state index contributed by atoms with van der Waals surface area (Å²) in [4.78, 5) is 46.1. The number of carbonyl (C=O) groups excluding carboxylic acids is 2. The third-order valence-corrected chi connectivity index (χ3v) is 5.18. The predicted octanol–water partition coefficient (Wildman–Crippen LogP) is 3.78. The summed E-state index contributed by atoms with van der Waals surface area (Å²) in [5.74, 6) is -1.53. The molecular formula is C16H30O10P2. The van der Waals surface area contributed by atoms with Gasteiger partial charge >= 0.3 is 27.6 Å². The highest BCUT2D eigenvalue weighted by Gasteiger charge is 2.31. The molecule has 0 aliphatic carbocycles. The molecule has 0 aliphatic heterocycles. The van der Waals surface area contributed by atoms with Gasteiger partial charge in [-0.05, 0) is 6.42 Å². The maximum Gasteiger partial charge on any atom is 0.481 e. The Morgan fingerprint density at radius 2 is 1.29 bits per heavy atom. The third-order valence-electron chi connectivity index (χ3n) is 3.00. The molecule has 0 fully saturated rings. The van der Waals surface area contributed by atoms with Crippen LogP contribution in [-0.4, -0.2) is 33.2 Å². The molecule has 1 unspecified atom stereocenters. The van der Waals surface area contributed by atoms with Gasteiger partial charge in [-0.25, -0.2) is 18.7 Å². The molecule has 0 radical (unpaired) electrons. The van der Waals surface area contributed by atoms with E-state index in [-0.39, 0.29) is 6.61 Å². The highest BCUT2D eigenvalue weighted by molar-refractivity contribution is 7.60. The van der Waals surface area contributed by atoms with E-state index < -0.39 is 27.6 Å². The minimum absolute atomic E-state index is 0.0528. The van der Waals surface area contributed by atoms with Gasteiger partial charge in [0, 0.05) is 12.2 Å². The highest BCUT2D eigenvalue weighted by Crippen LogP contribution is 2.57. The molecule has 164 valence electrons. The fourth-order valence-corrected chi connectivity index (χ4v) is 3.38. The molecule has 3 N–H and O–H groups in total. The van der Waals surface area contributed by atoms with Crippen LogP contribution in [0.2, 0.25) is 0 Å². The van der Waals surface area contributed by atoms with Crippen LogP contribution in [0.25, 0.3) is 0 Å². The van der Waals surface area contributed by atoms with Crippen molar-refractivity contribution < 1.29 is 47.0 Å². The largest absolute Gasteiger partial charge is 0.481 e. The number of carbonyl (C=O) groups is 2. The number of esters is 2. The van der Waals surface area contributed by atoms with Crippen LogP contribution in [0.15, 0.2) is 25.3 Å². The number of phosphoric ester groups is 1. The second-order valence-electron chi connectivity index (χ2n) is 5.50. The molecule has 0 aromatic rings. The van der Waals surface area contributed by atoms with Crippen molar-refractivity contribution >= 4 is 27.6 Å². The zero-order chi connectivity index (χ0) is 22.1. The summed E-state index contributed by atoms with van der Waals surface area (Å²) in [6.45, 7) is 8.28. The van der Waals surface area contributed by atoms with Gasteiger partial charge in [-0.2, -0.15) is 4.31 Å². The lowest BCUT2D eigenvalue weighted by Gasteiger charge is -2.12. The summed E-state index contributed by atoms with van der Waals surface area (Å²) in [6, 6.07) is 0. The second-order valence-corrected chi connectivity index (χ2v) is 8.33. The van der Waals surface area contributed by atoms with Crippen LogP contribution >= 0.6 is 15.6 Å². The monoisotopic (exact) mass is 444 g/mol. The Kier molecular flexibility index (Phi) is 17.5. The van der Waals surface area contributed by atoms with Crippen molar-refractivity contribution in [3.8, 4) is 0 Å². The average Bonchev–Trinajstić information content (AvgIpc) is 2.58. The average molecular weight is 444 g/mol. The maximum atomic E-state index is 11.1. The van der Waals surface area contributed by atoms with E-state index in [2.05, 4.69) is 33.7 Å². The second kappa shape index (κ2) is 16.8. The van der Waals surface area contributed by atoms with Gasteiger partial charge in [0.25, 0.3) is 0 Å². The Bertz CT molecular complexity index is 552. The molecule has 10 nitrogen and oxygen atoms in total. The van der Waals surface area contributed by atoms with E-state index in [0.29, 0.717) is 6.42 Å². The first-order valence-corrected chi connectivity index (χ1v) is 11.7. The van der Waals surface area contributed by atoms with Gasteiger partial charge in [-0.15, -0.1) is 0 Å². The molecule has 0 aromatic heterocycles. The summed E-state index contributed by atoms with van der Waals surface area (Å²) < 4.78 is 33.6. The molecule has 0 saturated carbocycles. The van der Waals surface area contributed by atoms with Crippen molar-refractivity contribution in [2.45, 2.75) is 58.3 Å². The lowest BCUT2D eigenvalue weighted by Crippen LogP contribution is -2.05. The van der Waals surface area contributed by atoms with Crippen molar-refractivity contribution in [3.63, 3.8) is 0 Å². The van der Waals surface area contributed by atoms with E-state index in [1.54, 1.807) is 0 Å². The minimum Gasteiger partial charge on any atom is -0.387 e. The van der Waals surface area contributed by atoms with Gasteiger partial charge < -0.3 is 19.4 Å². The van der Waals surface area contributed by atoms with Crippen molar-refractivity contribution in [1.29, 1.82) is 0 Å². The predicted molar refractivity (Wildman–Crippen MR) is 103 cm³/mol. The van der Waals surface area contributed by atoms with Gasteiger partial charge in [0.15, 0.2) is 0 Å². The number of hydrogen-bond acceptors (Lipinski definition) is 7. The number of unbranched alkanes of at least 4 members (excludes halogenated alkanes) is 7. The Morgan fingerprint density at radius 1 is 0.857 bits per heavy atom. The fourth-order valence-electron chi connectivity index (χ4n) is 1.76. The van der Waals surface area contributed by atoms with Crippen LogP contribution in [0.4, 0.5) is 0 Å². The zero-order valence-electron chi connectivity index (χ0n) is 16.0. The number of ether oxygens (including phenoxy) is 1. The summed E-state index contributed by atoms with van der Waals surface area (Å²) in [6.07, 6.45) is 10.2. The molecule has 1 atom stereocenters. The quantitative estimate of drug-likeness (QED) is 0.118. The summed E-state index contributed by atoms with van der Waals surface area (Å²) >= 11 is 0. The summed E-state index contributed by atoms with van der Waals surface area (Å²) in [7, 11) is -9.65. The normalized spacial score (nSPS) is 12.9. The Balaban J connectivity index is 0. The summed E-state index contributed by atoms with van der Waals surface area (Å²) in [5, 5.41) is 0. The molecule has 0 amide bonds. The highest BCUT2D eigenvalue weighted by atomic mass is 31.3. The van der Waals surface area contributed by atoms with Gasteiger partial charge in [0.1, 0.15) is 0 Å². The first-order valence-electron chi connectivity index (χ1n) is 8.72. The van der Waals surface area contributed by atoms with Crippen molar-refractivity contribution in [1.82, 2.24) is 0 Å². The smallest absolute Gasteiger partial charge is 0.387 e. The molecule has 0 heterocycles. The van der Waals surface area contributed by atoms with Crippen molar-refractivity contribution in [2.24, 2.45) is 0 Å². The first kappa shape index (κ1) is 29.1. The number of hydrogen-bond donors (Lipinski definition) is 3. The standard InChI is InChI=1S/C10H24O7P2.C6H6O3/c1-2-3-4-5-6-7-8-9-10-16-19(14,15)17-18(11,12)13;1-3-5(7)9-6(8)4-2/h2-10H2,1H3,(H,14,15)(H2,11,12,13);3-4H,1-2H2. The maximum absolute atomic E-state index is 11.1. The van der Waals surface area contributed by atoms with E-state index in [0.717, 1.165) is 31.4 Å². The molecule has 0 spiro atoms. The fraction of sp³-hybridized carbons (Fsp3) is 0.625.